The second-order valence-electron chi connectivity index (χ2n) is 17.3. The molecular weight excluding hydrogens is 878 g/mol. The normalized spacial score (nSPS) is 15.4. The third-order valence-corrected chi connectivity index (χ3v) is 11.8. The van der Waals surface area contributed by atoms with Gasteiger partial charge in [-0.1, -0.05) is 191 Å². The van der Waals surface area contributed by atoms with Crippen molar-refractivity contribution in [3.63, 3.8) is 0 Å². The molecule has 6 N–H and O–H groups in total. The summed E-state index contributed by atoms with van der Waals surface area (Å²) in [6.07, 6.45) is 36.0. The number of phosphoric ester groups is 2. The van der Waals surface area contributed by atoms with Crippen LogP contribution in [0.2, 0.25) is 0 Å². The lowest BCUT2D eigenvalue weighted by molar-refractivity contribution is -0.161. The molecule has 0 aromatic heterocycles. The van der Waals surface area contributed by atoms with Crippen molar-refractivity contribution in [2.45, 2.75) is 212 Å². The molecule has 0 amide bonds. The number of unbranched alkanes of at least 4 members (excludes halogenated alkanes) is 17. The summed E-state index contributed by atoms with van der Waals surface area (Å²) in [6, 6.07) is 0. The summed E-state index contributed by atoms with van der Waals surface area (Å²) in [5.74, 6) is -0.443. The molecular formula is C48H88O15P2. The largest absolute Gasteiger partial charge is 0.472 e. The fourth-order valence-electron chi connectivity index (χ4n) is 6.57. The van der Waals surface area contributed by atoms with Gasteiger partial charge in [-0.05, 0) is 38.0 Å². The second-order valence-corrected chi connectivity index (χ2v) is 20.0. The number of aliphatic hydroxyl groups is 3. The number of phosphoric acid groups is 2. The fraction of sp³-hybridized carbons (Fsp3) is 0.792. The molecule has 1 unspecified atom stereocenters. The second kappa shape index (κ2) is 42.1. The number of esters is 2. The predicted octanol–water partition coefficient (Wildman–Crippen LogP) is 10.8. The van der Waals surface area contributed by atoms with Crippen molar-refractivity contribution in [1.29, 1.82) is 0 Å². The Morgan fingerprint density at radius 2 is 0.969 bits per heavy atom. The summed E-state index contributed by atoms with van der Waals surface area (Å²) >= 11 is 0. The molecule has 0 aliphatic rings. The molecule has 380 valence electrons. The van der Waals surface area contributed by atoms with Gasteiger partial charge < -0.3 is 39.5 Å². The molecule has 0 spiro atoms. The lowest BCUT2D eigenvalue weighted by Gasteiger charge is -2.20. The minimum Gasteiger partial charge on any atom is -0.462 e. The quantitative estimate of drug-likeness (QED) is 0.0144. The molecule has 0 radical (unpaired) electrons. The van der Waals surface area contributed by atoms with E-state index in [-0.39, 0.29) is 19.3 Å². The zero-order valence-electron chi connectivity index (χ0n) is 40.0. The fourth-order valence-corrected chi connectivity index (χ4v) is 7.73. The predicted molar refractivity (Wildman–Crippen MR) is 256 cm³/mol. The molecule has 0 aromatic carbocycles. The third kappa shape index (κ3) is 46.9. The molecule has 0 rings (SSSR count). The van der Waals surface area contributed by atoms with E-state index in [2.05, 4.69) is 29.8 Å². The number of aliphatic hydroxyl groups excluding tert-OH is 3. The first-order valence-corrected chi connectivity index (χ1v) is 27.4. The summed E-state index contributed by atoms with van der Waals surface area (Å²) in [6.45, 7) is 3.76. The molecule has 0 aromatic rings. The van der Waals surface area contributed by atoms with Crippen LogP contribution in [0.25, 0.3) is 0 Å². The van der Waals surface area contributed by atoms with Crippen LogP contribution in [0.5, 0.6) is 0 Å². The van der Waals surface area contributed by atoms with Crippen LogP contribution in [0.1, 0.15) is 188 Å². The van der Waals surface area contributed by atoms with Gasteiger partial charge >= 0.3 is 27.6 Å². The Bertz CT molecular complexity index is 1380. The Balaban J connectivity index is 4.63. The number of allylic oxidation sites excluding steroid dienone is 6. The van der Waals surface area contributed by atoms with Crippen LogP contribution >= 0.6 is 15.6 Å². The van der Waals surface area contributed by atoms with Crippen molar-refractivity contribution in [3.05, 3.63) is 48.6 Å². The van der Waals surface area contributed by atoms with Crippen molar-refractivity contribution in [2.75, 3.05) is 26.4 Å². The minimum atomic E-state index is -4.89. The SMILES string of the molecule is CCCCC[C@H](O)/C=C/C=C\C/C=C\C=C\[C@H](O)CCCC(=O)OC[C@H](COP(=O)(O)OC[C@@H](O)COP(=O)(O)O)OC(=O)CCCCCCCCCCCCCCCCCCC(C)C. The zero-order chi connectivity index (χ0) is 48.4. The Labute approximate surface area is 391 Å². The highest BCUT2D eigenvalue weighted by Gasteiger charge is 2.28. The number of rotatable bonds is 45. The summed E-state index contributed by atoms with van der Waals surface area (Å²) in [4.78, 5) is 52.9. The first-order valence-electron chi connectivity index (χ1n) is 24.4. The van der Waals surface area contributed by atoms with E-state index < -0.39 is 78.4 Å². The minimum absolute atomic E-state index is 0.0527. The summed E-state index contributed by atoms with van der Waals surface area (Å²) in [5.41, 5.74) is 0. The van der Waals surface area contributed by atoms with Crippen LogP contribution in [0, 0.1) is 5.92 Å². The van der Waals surface area contributed by atoms with E-state index >= 15 is 0 Å². The van der Waals surface area contributed by atoms with Gasteiger partial charge in [0, 0.05) is 12.8 Å². The molecule has 0 bridgehead atoms. The monoisotopic (exact) mass is 967 g/mol. The number of carbonyl (C=O) groups excluding carboxylic acids is 2. The molecule has 0 aliphatic carbocycles. The van der Waals surface area contributed by atoms with Gasteiger partial charge in [0.25, 0.3) is 0 Å². The van der Waals surface area contributed by atoms with E-state index in [0.717, 1.165) is 57.3 Å². The van der Waals surface area contributed by atoms with E-state index in [0.29, 0.717) is 19.3 Å². The van der Waals surface area contributed by atoms with E-state index in [9.17, 15) is 38.9 Å². The van der Waals surface area contributed by atoms with Crippen LogP contribution in [-0.2, 0) is 41.8 Å². The average Bonchev–Trinajstić information content (AvgIpc) is 3.24. The van der Waals surface area contributed by atoms with Crippen LogP contribution in [0.4, 0.5) is 0 Å². The molecule has 0 heterocycles. The average molecular weight is 967 g/mol. The maximum Gasteiger partial charge on any atom is 0.472 e. The lowest BCUT2D eigenvalue weighted by atomic mass is 10.0. The summed E-state index contributed by atoms with van der Waals surface area (Å²) in [7, 11) is -9.76. The van der Waals surface area contributed by atoms with Gasteiger partial charge in [-0.2, -0.15) is 0 Å². The molecule has 65 heavy (non-hydrogen) atoms. The van der Waals surface area contributed by atoms with Crippen LogP contribution < -0.4 is 0 Å². The number of ether oxygens (including phenoxy) is 2. The van der Waals surface area contributed by atoms with Crippen LogP contribution in [0.3, 0.4) is 0 Å². The summed E-state index contributed by atoms with van der Waals surface area (Å²) < 4.78 is 47.7. The maximum atomic E-state index is 12.7. The van der Waals surface area contributed by atoms with Crippen molar-refractivity contribution >= 4 is 27.6 Å². The van der Waals surface area contributed by atoms with Gasteiger partial charge in [-0.25, -0.2) is 9.13 Å². The molecule has 0 aliphatic heterocycles. The Kier molecular flexibility index (Phi) is 40.8. The van der Waals surface area contributed by atoms with Gasteiger partial charge in [0.15, 0.2) is 6.10 Å². The van der Waals surface area contributed by atoms with Gasteiger partial charge in [0.2, 0.25) is 0 Å². The van der Waals surface area contributed by atoms with Crippen LogP contribution in [-0.4, -0.2) is 92.8 Å². The first-order chi connectivity index (χ1) is 31.0. The standard InChI is InChI=1S/C48H88O15P2/c1-4-5-25-32-43(49)33-27-22-18-16-19-23-28-34-44(50)35-30-37-47(52)59-40-46(41-62-65(57,58)61-39-45(51)38-60-64(54,55)56)63-48(53)36-29-24-20-15-13-11-9-7-6-8-10-12-14-17-21-26-31-42(2)3/h18-19,22-23,27-28,33-34,42-46,49-51H,4-17,20-21,24-26,29-32,35-41H2,1-3H3,(H,57,58)(H2,54,55,56)/b22-18-,23-19-,33-27+,34-28+/t43-,44-,45-,46+/m0/s1. The first kappa shape index (κ1) is 63.0. The van der Waals surface area contributed by atoms with Crippen molar-refractivity contribution < 1.29 is 71.8 Å². The smallest absolute Gasteiger partial charge is 0.462 e. The molecule has 17 heteroatoms. The van der Waals surface area contributed by atoms with Gasteiger partial charge in [-0.15, -0.1) is 0 Å². The molecule has 15 nitrogen and oxygen atoms in total. The van der Waals surface area contributed by atoms with Crippen molar-refractivity contribution in [3.8, 4) is 0 Å². The number of carbonyl (C=O) groups is 2. The highest BCUT2D eigenvalue weighted by Crippen LogP contribution is 2.44. The van der Waals surface area contributed by atoms with E-state index in [1.54, 1.807) is 24.3 Å². The van der Waals surface area contributed by atoms with Crippen LogP contribution in [0.15, 0.2) is 48.6 Å². The van der Waals surface area contributed by atoms with Gasteiger partial charge in [-0.3, -0.25) is 23.2 Å². The topological polar surface area (TPSA) is 236 Å². The molecule has 0 saturated heterocycles. The molecule has 0 fully saturated rings. The third-order valence-electron chi connectivity index (χ3n) is 10.3. The van der Waals surface area contributed by atoms with Gasteiger partial charge in [0.1, 0.15) is 12.7 Å². The Hall–Kier alpha value is -2.00. The zero-order valence-corrected chi connectivity index (χ0v) is 41.8. The van der Waals surface area contributed by atoms with E-state index in [4.69, 9.17) is 23.8 Å². The Morgan fingerprint density at radius 1 is 0.523 bits per heavy atom. The molecule has 5 atom stereocenters. The summed E-state index contributed by atoms with van der Waals surface area (Å²) in [5, 5.41) is 30.0. The lowest BCUT2D eigenvalue weighted by Crippen LogP contribution is -2.30. The number of hydrogen-bond acceptors (Lipinski definition) is 12. The highest BCUT2D eigenvalue weighted by atomic mass is 31.2. The molecule has 0 saturated carbocycles. The van der Waals surface area contributed by atoms with Gasteiger partial charge in [0.05, 0.1) is 32.0 Å². The van der Waals surface area contributed by atoms with Crippen molar-refractivity contribution in [2.24, 2.45) is 5.92 Å². The van der Waals surface area contributed by atoms with E-state index in [1.807, 2.05) is 24.3 Å². The highest BCUT2D eigenvalue weighted by molar-refractivity contribution is 7.47. The Morgan fingerprint density at radius 3 is 1.48 bits per heavy atom. The van der Waals surface area contributed by atoms with E-state index in [1.165, 1.54) is 77.0 Å². The maximum absolute atomic E-state index is 12.7. The van der Waals surface area contributed by atoms with Crippen molar-refractivity contribution in [1.82, 2.24) is 0 Å². The number of hydrogen-bond donors (Lipinski definition) is 6.